The fourth-order valence-corrected chi connectivity index (χ4v) is 5.39. The number of halogens is 3. The topological polar surface area (TPSA) is 86.8 Å². The molecule has 0 aliphatic heterocycles. The number of nitrogens with one attached hydrogen (secondary N) is 1. The maximum Gasteiger partial charge on any atom is 0.242 e. The van der Waals surface area contributed by atoms with Gasteiger partial charge in [-0.25, -0.2) is 8.42 Å². The molecule has 0 bridgehead atoms. The molecule has 0 saturated carbocycles. The Hall–Kier alpha value is -2.00. The molecule has 2 aromatic rings. The highest BCUT2D eigenvalue weighted by Gasteiger charge is 2.28. The molecule has 0 unspecified atom stereocenters. The lowest BCUT2D eigenvalue weighted by Gasteiger charge is -2.30. The third kappa shape index (κ3) is 8.00. The summed E-state index contributed by atoms with van der Waals surface area (Å²) in [6, 6.07) is 9.17. The summed E-state index contributed by atoms with van der Waals surface area (Å²) >= 11 is 18.9. The number of sulfonamides is 1. The van der Waals surface area contributed by atoms with Crippen LogP contribution in [0.5, 0.6) is 0 Å². The quantitative estimate of drug-likeness (QED) is 0.386. The highest BCUT2D eigenvalue weighted by molar-refractivity contribution is 7.92. The number of carbonyl (C=O) groups is 2. The Balaban J connectivity index is 2.26. The number of rotatable bonds is 11. The molecular formula is C25H32Cl3N3O4S. The van der Waals surface area contributed by atoms with Gasteiger partial charge < -0.3 is 10.2 Å². The minimum atomic E-state index is -3.63. The van der Waals surface area contributed by atoms with Crippen LogP contribution in [-0.2, 0) is 26.2 Å². The molecule has 0 radical (unpaired) electrons. The number of hydrogen-bond acceptors (Lipinski definition) is 4. The smallest absolute Gasteiger partial charge is 0.242 e. The highest BCUT2D eigenvalue weighted by atomic mass is 35.5. The van der Waals surface area contributed by atoms with E-state index in [-0.39, 0.29) is 43.8 Å². The summed E-state index contributed by atoms with van der Waals surface area (Å²) in [5.74, 6) is -0.637. The lowest BCUT2D eigenvalue weighted by Crippen LogP contribution is -2.49. The maximum atomic E-state index is 13.4. The summed E-state index contributed by atoms with van der Waals surface area (Å²) in [5.41, 5.74) is 1.62. The molecule has 0 heterocycles. The van der Waals surface area contributed by atoms with Gasteiger partial charge in [-0.15, -0.1) is 0 Å². The van der Waals surface area contributed by atoms with E-state index in [0.717, 1.165) is 6.26 Å². The predicted octanol–water partition coefficient (Wildman–Crippen LogP) is 5.44. The molecule has 0 saturated heterocycles. The highest BCUT2D eigenvalue weighted by Crippen LogP contribution is 2.29. The van der Waals surface area contributed by atoms with Crippen molar-refractivity contribution >= 4 is 62.3 Å². The van der Waals surface area contributed by atoms with Crippen LogP contribution in [0.3, 0.4) is 0 Å². The second-order valence-electron chi connectivity index (χ2n) is 8.88. The summed E-state index contributed by atoms with van der Waals surface area (Å²) in [6.07, 6.45) is 1.34. The molecule has 2 aromatic carbocycles. The Morgan fingerprint density at radius 3 is 2.08 bits per heavy atom. The van der Waals surface area contributed by atoms with E-state index < -0.39 is 16.1 Å². The first-order valence-electron chi connectivity index (χ1n) is 11.5. The van der Waals surface area contributed by atoms with Crippen LogP contribution in [0, 0.1) is 6.92 Å². The van der Waals surface area contributed by atoms with Gasteiger partial charge >= 0.3 is 0 Å². The monoisotopic (exact) mass is 575 g/mol. The van der Waals surface area contributed by atoms with Crippen LogP contribution in [0.2, 0.25) is 15.1 Å². The third-order valence-corrected chi connectivity index (χ3v) is 7.95. The minimum Gasteiger partial charge on any atom is -0.352 e. The van der Waals surface area contributed by atoms with E-state index in [9.17, 15) is 18.0 Å². The molecule has 2 rings (SSSR count). The maximum absolute atomic E-state index is 13.4. The van der Waals surface area contributed by atoms with Crippen molar-refractivity contribution in [1.29, 1.82) is 0 Å². The van der Waals surface area contributed by atoms with Gasteiger partial charge in [-0.3, -0.25) is 13.9 Å². The molecule has 1 N–H and O–H groups in total. The second kappa shape index (κ2) is 13.0. The average molecular weight is 577 g/mol. The predicted molar refractivity (Wildman–Crippen MR) is 147 cm³/mol. The van der Waals surface area contributed by atoms with Crippen molar-refractivity contribution in [2.75, 3.05) is 17.1 Å². The van der Waals surface area contributed by atoms with E-state index >= 15 is 0 Å². The summed E-state index contributed by atoms with van der Waals surface area (Å²) in [5, 5.41) is 4.04. The average Bonchev–Trinajstić information content (AvgIpc) is 2.77. The Morgan fingerprint density at radius 2 is 1.53 bits per heavy atom. The molecular weight excluding hydrogens is 545 g/mol. The van der Waals surface area contributed by atoms with Crippen LogP contribution in [0.25, 0.3) is 0 Å². The van der Waals surface area contributed by atoms with Gasteiger partial charge in [0.05, 0.1) is 11.9 Å². The van der Waals surface area contributed by atoms with Crippen LogP contribution in [-0.4, -0.2) is 50.0 Å². The van der Waals surface area contributed by atoms with Crippen LogP contribution >= 0.6 is 34.8 Å². The van der Waals surface area contributed by atoms with Crippen LogP contribution in [0.1, 0.15) is 44.7 Å². The Morgan fingerprint density at radius 1 is 0.972 bits per heavy atom. The van der Waals surface area contributed by atoms with Gasteiger partial charge in [-0.2, -0.15) is 0 Å². The van der Waals surface area contributed by atoms with E-state index in [0.29, 0.717) is 31.9 Å². The van der Waals surface area contributed by atoms with Gasteiger partial charge in [0.15, 0.2) is 0 Å². The van der Waals surface area contributed by atoms with Gasteiger partial charge in [0.1, 0.15) is 6.04 Å². The van der Waals surface area contributed by atoms with E-state index in [1.807, 2.05) is 13.8 Å². The lowest BCUT2D eigenvalue weighted by molar-refractivity contribution is -0.140. The summed E-state index contributed by atoms with van der Waals surface area (Å²) < 4.78 is 26.3. The first-order chi connectivity index (χ1) is 16.7. The van der Waals surface area contributed by atoms with Gasteiger partial charge in [0.2, 0.25) is 21.8 Å². The van der Waals surface area contributed by atoms with Crippen molar-refractivity contribution in [3.63, 3.8) is 0 Å². The lowest BCUT2D eigenvalue weighted by atomic mass is 10.1. The summed E-state index contributed by atoms with van der Waals surface area (Å²) in [6.45, 7) is 7.15. The van der Waals surface area contributed by atoms with Crippen molar-refractivity contribution in [2.24, 2.45) is 0 Å². The Labute approximate surface area is 228 Å². The molecule has 36 heavy (non-hydrogen) atoms. The molecule has 198 valence electrons. The number of benzene rings is 2. The molecule has 0 aromatic heterocycles. The number of amides is 2. The summed E-state index contributed by atoms with van der Waals surface area (Å²) in [4.78, 5) is 27.5. The Kier molecular flexibility index (Phi) is 10.9. The first kappa shape index (κ1) is 30.2. The minimum absolute atomic E-state index is 0.00695. The standard InChI is InChI=1S/C25H32Cl3N3O4S/c1-16(2)29-25(33)18(4)30(15-19-21(27)10-6-11-22(19)28)24(32)13-8-14-31(36(5,34)35)23-12-7-9-20(26)17(23)3/h6-7,9-12,16,18H,8,13-15H2,1-5H3,(H,29,33)/t18-/m0/s1. The molecule has 0 aliphatic carbocycles. The largest absolute Gasteiger partial charge is 0.352 e. The molecule has 1 atom stereocenters. The third-order valence-electron chi connectivity index (χ3n) is 5.65. The number of hydrogen-bond donors (Lipinski definition) is 1. The normalized spacial score (nSPS) is 12.4. The van der Waals surface area contributed by atoms with Crippen LogP contribution < -0.4 is 9.62 Å². The van der Waals surface area contributed by atoms with Crippen LogP contribution in [0.15, 0.2) is 36.4 Å². The van der Waals surface area contributed by atoms with E-state index in [4.69, 9.17) is 34.8 Å². The van der Waals surface area contributed by atoms with E-state index in [1.165, 1.54) is 9.21 Å². The molecule has 0 spiro atoms. The molecule has 11 heteroatoms. The molecule has 0 fully saturated rings. The zero-order chi connectivity index (χ0) is 27.2. The van der Waals surface area contributed by atoms with Crippen molar-refractivity contribution in [1.82, 2.24) is 10.2 Å². The fourth-order valence-electron chi connectivity index (χ4n) is 3.69. The van der Waals surface area contributed by atoms with Gasteiger partial charge in [-0.05, 0) is 63.9 Å². The van der Waals surface area contributed by atoms with Crippen molar-refractivity contribution < 1.29 is 18.0 Å². The van der Waals surface area contributed by atoms with Crippen molar-refractivity contribution in [2.45, 2.75) is 59.2 Å². The van der Waals surface area contributed by atoms with E-state index in [2.05, 4.69) is 5.32 Å². The van der Waals surface area contributed by atoms with Gasteiger partial charge in [0, 0.05) is 46.2 Å². The zero-order valence-corrected chi connectivity index (χ0v) is 24.1. The summed E-state index contributed by atoms with van der Waals surface area (Å²) in [7, 11) is -3.63. The molecule has 2 amide bonds. The zero-order valence-electron chi connectivity index (χ0n) is 21.0. The molecule has 0 aliphatic rings. The van der Waals surface area contributed by atoms with Crippen molar-refractivity contribution in [3.8, 4) is 0 Å². The van der Waals surface area contributed by atoms with Crippen LogP contribution in [0.4, 0.5) is 5.69 Å². The van der Waals surface area contributed by atoms with Gasteiger partial charge in [-0.1, -0.05) is 46.9 Å². The number of carbonyl (C=O) groups excluding carboxylic acids is 2. The number of anilines is 1. The SMILES string of the molecule is Cc1c(Cl)cccc1N(CCCC(=O)N(Cc1c(Cl)cccc1Cl)[C@@H](C)C(=O)NC(C)C)S(C)(=O)=O. The fraction of sp³-hybridized carbons (Fsp3) is 0.440. The second-order valence-corrected chi connectivity index (χ2v) is 12.0. The van der Waals surface area contributed by atoms with Crippen molar-refractivity contribution in [3.05, 3.63) is 62.6 Å². The first-order valence-corrected chi connectivity index (χ1v) is 14.5. The molecule has 7 nitrogen and oxygen atoms in total. The number of nitrogens with zero attached hydrogens (tertiary/aromatic N) is 2. The van der Waals surface area contributed by atoms with E-state index in [1.54, 1.807) is 50.2 Å². The Bertz CT molecular complexity index is 1180. The van der Waals surface area contributed by atoms with Gasteiger partial charge in [0.25, 0.3) is 0 Å².